The number of methoxy groups -OCH3 is 1. The van der Waals surface area contributed by atoms with Crippen molar-refractivity contribution in [2.75, 3.05) is 53.0 Å². The average Bonchev–Trinajstić information content (AvgIpc) is 2.45. The number of piperazine rings is 1. The fourth-order valence-corrected chi connectivity index (χ4v) is 2.26. The zero-order valence-corrected chi connectivity index (χ0v) is 13.3. The molecule has 7 heteroatoms. The van der Waals surface area contributed by atoms with Crippen LogP contribution in [-0.4, -0.2) is 75.7 Å². The Hall–Kier alpha value is -1.18. The minimum atomic E-state index is -0.518. The van der Waals surface area contributed by atoms with Gasteiger partial charge in [0.25, 0.3) is 0 Å². The summed E-state index contributed by atoms with van der Waals surface area (Å²) in [6.45, 7) is 9.23. The third kappa shape index (κ3) is 6.88. The molecule has 0 saturated carbocycles. The van der Waals surface area contributed by atoms with E-state index in [-0.39, 0.29) is 24.3 Å². The van der Waals surface area contributed by atoms with E-state index >= 15 is 0 Å². The van der Waals surface area contributed by atoms with Crippen LogP contribution in [0.25, 0.3) is 0 Å². The van der Waals surface area contributed by atoms with Gasteiger partial charge in [-0.3, -0.25) is 14.5 Å². The maximum absolute atomic E-state index is 12.2. The summed E-state index contributed by atoms with van der Waals surface area (Å²) in [5.74, 6) is -0.372. The van der Waals surface area contributed by atoms with Crippen molar-refractivity contribution >= 4 is 11.8 Å². The first-order valence-electron chi connectivity index (χ1n) is 7.53. The molecule has 3 N–H and O–H groups in total. The molecule has 0 aromatic carbocycles. The molecule has 1 aliphatic heterocycles. The molecule has 122 valence electrons. The SMILES string of the molecule is COCC(=O)N[C@H](C(=O)NCCN1CCNCC1)C(C)C. The Labute approximate surface area is 126 Å². The molecule has 1 heterocycles. The van der Waals surface area contributed by atoms with Crippen LogP contribution in [0.4, 0.5) is 0 Å². The van der Waals surface area contributed by atoms with E-state index in [1.54, 1.807) is 0 Å². The van der Waals surface area contributed by atoms with Crippen molar-refractivity contribution in [2.24, 2.45) is 5.92 Å². The van der Waals surface area contributed by atoms with E-state index in [1.165, 1.54) is 7.11 Å². The highest BCUT2D eigenvalue weighted by atomic mass is 16.5. The van der Waals surface area contributed by atoms with Crippen LogP contribution in [-0.2, 0) is 14.3 Å². The number of nitrogens with one attached hydrogen (secondary N) is 3. The van der Waals surface area contributed by atoms with Crippen molar-refractivity contribution in [3.8, 4) is 0 Å². The van der Waals surface area contributed by atoms with E-state index in [0.29, 0.717) is 6.54 Å². The van der Waals surface area contributed by atoms with Gasteiger partial charge in [-0.1, -0.05) is 13.8 Å². The number of amides is 2. The van der Waals surface area contributed by atoms with Crippen LogP contribution < -0.4 is 16.0 Å². The summed E-state index contributed by atoms with van der Waals surface area (Å²) in [6, 6.07) is -0.518. The number of ether oxygens (including phenoxy) is 1. The molecule has 1 aliphatic rings. The highest BCUT2D eigenvalue weighted by Gasteiger charge is 2.23. The fraction of sp³-hybridized carbons (Fsp3) is 0.857. The molecule has 0 aromatic heterocycles. The summed E-state index contributed by atoms with van der Waals surface area (Å²) in [6.07, 6.45) is 0. The van der Waals surface area contributed by atoms with E-state index in [1.807, 2.05) is 13.8 Å². The molecule has 1 atom stereocenters. The second-order valence-corrected chi connectivity index (χ2v) is 5.60. The molecule has 0 radical (unpaired) electrons. The van der Waals surface area contributed by atoms with Crippen molar-refractivity contribution in [1.29, 1.82) is 0 Å². The van der Waals surface area contributed by atoms with Gasteiger partial charge in [0.1, 0.15) is 12.6 Å². The summed E-state index contributed by atoms with van der Waals surface area (Å²) < 4.78 is 4.77. The third-order valence-corrected chi connectivity index (χ3v) is 3.48. The molecule has 0 aliphatic carbocycles. The largest absolute Gasteiger partial charge is 0.375 e. The van der Waals surface area contributed by atoms with Gasteiger partial charge in [0.05, 0.1) is 0 Å². The second-order valence-electron chi connectivity index (χ2n) is 5.60. The Morgan fingerprint density at radius 3 is 2.52 bits per heavy atom. The van der Waals surface area contributed by atoms with Gasteiger partial charge >= 0.3 is 0 Å². The topological polar surface area (TPSA) is 82.7 Å². The van der Waals surface area contributed by atoms with Crippen LogP contribution in [0.1, 0.15) is 13.8 Å². The monoisotopic (exact) mass is 300 g/mol. The van der Waals surface area contributed by atoms with Crippen molar-refractivity contribution in [2.45, 2.75) is 19.9 Å². The number of hydrogen-bond acceptors (Lipinski definition) is 5. The Balaban J connectivity index is 2.32. The number of nitrogens with zero attached hydrogens (tertiary/aromatic N) is 1. The zero-order chi connectivity index (χ0) is 15.7. The van der Waals surface area contributed by atoms with Crippen LogP contribution in [0.2, 0.25) is 0 Å². The lowest BCUT2D eigenvalue weighted by Crippen LogP contribution is -2.52. The molecule has 1 saturated heterocycles. The Kier molecular flexibility index (Phi) is 8.26. The molecule has 7 nitrogen and oxygen atoms in total. The predicted octanol–water partition coefficient (Wildman–Crippen LogP) is -1.20. The Morgan fingerprint density at radius 2 is 1.95 bits per heavy atom. The first kappa shape index (κ1) is 17.9. The molecule has 1 rings (SSSR count). The van der Waals surface area contributed by atoms with Crippen LogP contribution in [0.5, 0.6) is 0 Å². The number of hydrogen-bond donors (Lipinski definition) is 3. The van der Waals surface area contributed by atoms with E-state index in [2.05, 4.69) is 20.9 Å². The number of rotatable bonds is 8. The molecule has 2 amide bonds. The van der Waals surface area contributed by atoms with Gasteiger partial charge in [0.2, 0.25) is 11.8 Å². The minimum Gasteiger partial charge on any atom is -0.375 e. The van der Waals surface area contributed by atoms with Gasteiger partial charge in [-0.15, -0.1) is 0 Å². The number of carbonyl (C=O) groups is 2. The summed E-state index contributed by atoms with van der Waals surface area (Å²) in [5, 5.41) is 8.90. The molecule has 0 unspecified atom stereocenters. The molecule has 21 heavy (non-hydrogen) atoms. The summed E-state index contributed by atoms with van der Waals surface area (Å²) >= 11 is 0. The normalized spacial score (nSPS) is 17.5. The lowest BCUT2D eigenvalue weighted by atomic mass is 10.0. The average molecular weight is 300 g/mol. The maximum atomic E-state index is 12.2. The van der Waals surface area contributed by atoms with E-state index in [4.69, 9.17) is 4.74 Å². The van der Waals surface area contributed by atoms with Crippen LogP contribution in [0.15, 0.2) is 0 Å². The van der Waals surface area contributed by atoms with Gasteiger partial charge < -0.3 is 20.7 Å². The standard InChI is InChI=1S/C14H28N4O3/c1-11(2)13(17-12(19)10-21-3)14(20)16-6-9-18-7-4-15-5-8-18/h11,13,15H,4-10H2,1-3H3,(H,16,20)(H,17,19)/t13-/m0/s1. The van der Waals surface area contributed by atoms with Gasteiger partial charge in [-0.05, 0) is 5.92 Å². The third-order valence-electron chi connectivity index (χ3n) is 3.48. The molecule has 0 spiro atoms. The highest BCUT2D eigenvalue weighted by Crippen LogP contribution is 2.02. The molecular formula is C14H28N4O3. The summed E-state index contributed by atoms with van der Waals surface area (Å²) in [4.78, 5) is 26.0. The van der Waals surface area contributed by atoms with E-state index in [9.17, 15) is 9.59 Å². The van der Waals surface area contributed by atoms with E-state index in [0.717, 1.165) is 32.7 Å². The summed E-state index contributed by atoms with van der Waals surface area (Å²) in [7, 11) is 1.46. The smallest absolute Gasteiger partial charge is 0.246 e. The quantitative estimate of drug-likeness (QED) is 0.524. The Bertz CT molecular complexity index is 330. The summed E-state index contributed by atoms with van der Waals surface area (Å²) in [5.41, 5.74) is 0. The molecular weight excluding hydrogens is 272 g/mol. The van der Waals surface area contributed by atoms with Gasteiger partial charge in [0.15, 0.2) is 0 Å². The number of carbonyl (C=O) groups excluding carboxylic acids is 2. The predicted molar refractivity (Wildman–Crippen MR) is 81.0 cm³/mol. The molecule has 0 bridgehead atoms. The first-order valence-corrected chi connectivity index (χ1v) is 7.53. The fourth-order valence-electron chi connectivity index (χ4n) is 2.26. The first-order chi connectivity index (χ1) is 10.0. The molecule has 0 aromatic rings. The highest BCUT2D eigenvalue weighted by molar-refractivity contribution is 5.88. The lowest BCUT2D eigenvalue weighted by molar-refractivity contribution is -0.131. The van der Waals surface area contributed by atoms with Crippen LogP contribution >= 0.6 is 0 Å². The second kappa shape index (κ2) is 9.70. The Morgan fingerprint density at radius 1 is 1.29 bits per heavy atom. The lowest BCUT2D eigenvalue weighted by Gasteiger charge is -2.28. The van der Waals surface area contributed by atoms with Gasteiger partial charge in [0, 0.05) is 46.4 Å². The van der Waals surface area contributed by atoms with Gasteiger partial charge in [-0.2, -0.15) is 0 Å². The van der Waals surface area contributed by atoms with Crippen molar-refractivity contribution in [3.63, 3.8) is 0 Å². The van der Waals surface area contributed by atoms with Crippen molar-refractivity contribution < 1.29 is 14.3 Å². The maximum Gasteiger partial charge on any atom is 0.246 e. The van der Waals surface area contributed by atoms with Crippen molar-refractivity contribution in [1.82, 2.24) is 20.9 Å². The van der Waals surface area contributed by atoms with Crippen LogP contribution in [0.3, 0.4) is 0 Å². The zero-order valence-electron chi connectivity index (χ0n) is 13.3. The minimum absolute atomic E-state index is 0.0305. The van der Waals surface area contributed by atoms with Crippen LogP contribution in [0, 0.1) is 5.92 Å². The van der Waals surface area contributed by atoms with E-state index < -0.39 is 6.04 Å². The molecule has 1 fully saturated rings. The van der Waals surface area contributed by atoms with Gasteiger partial charge in [-0.25, -0.2) is 0 Å². The van der Waals surface area contributed by atoms with Crippen molar-refractivity contribution in [3.05, 3.63) is 0 Å².